The van der Waals surface area contributed by atoms with E-state index in [2.05, 4.69) is 37.9 Å². The summed E-state index contributed by atoms with van der Waals surface area (Å²) in [4.78, 5) is 4.48. The van der Waals surface area contributed by atoms with E-state index in [9.17, 15) is 0 Å². The highest BCUT2D eigenvalue weighted by Gasteiger charge is 2.16. The first-order valence-corrected chi connectivity index (χ1v) is 6.56. The third-order valence-electron chi connectivity index (χ3n) is 3.26. The molecule has 0 saturated heterocycles. The summed E-state index contributed by atoms with van der Waals surface area (Å²) >= 11 is 0. The summed E-state index contributed by atoms with van der Waals surface area (Å²) in [5.41, 5.74) is 7.65. The summed E-state index contributed by atoms with van der Waals surface area (Å²) < 4.78 is 0. The molecule has 1 aromatic heterocycles. The first kappa shape index (κ1) is 13.0. The van der Waals surface area contributed by atoms with Crippen molar-refractivity contribution in [2.45, 2.75) is 39.7 Å². The fraction of sp³-hybridized carbons (Fsp3) is 0.438. The maximum absolute atomic E-state index is 6.31. The Balaban J connectivity index is 2.25. The summed E-state index contributed by atoms with van der Waals surface area (Å²) in [5.74, 6) is 0. The number of hydrogen-bond donors (Lipinski definition) is 1. The van der Waals surface area contributed by atoms with Crippen molar-refractivity contribution in [2.75, 3.05) is 0 Å². The standard InChI is InChI=1S/C16H22N2/c1-16(2,3)10-8-14(17)15-13-7-5-4-6-12(13)9-11-18-15/h4-7,9,11,14H,8,10,17H2,1-3H3. The predicted octanol–water partition coefficient (Wildman–Crippen LogP) is 4.06. The molecule has 0 radical (unpaired) electrons. The number of fused-ring (bicyclic) bond motifs is 1. The molecule has 1 unspecified atom stereocenters. The Morgan fingerprint density at radius 2 is 1.89 bits per heavy atom. The zero-order valence-corrected chi connectivity index (χ0v) is 11.5. The number of aromatic nitrogens is 1. The molecule has 0 saturated carbocycles. The van der Waals surface area contributed by atoms with Crippen molar-refractivity contribution in [3.8, 4) is 0 Å². The van der Waals surface area contributed by atoms with Crippen molar-refractivity contribution in [3.05, 3.63) is 42.2 Å². The zero-order valence-electron chi connectivity index (χ0n) is 11.5. The average Bonchev–Trinajstić information content (AvgIpc) is 2.34. The Morgan fingerprint density at radius 1 is 1.17 bits per heavy atom. The lowest BCUT2D eigenvalue weighted by atomic mass is 9.87. The number of benzene rings is 1. The molecule has 0 bridgehead atoms. The molecule has 0 aliphatic rings. The van der Waals surface area contributed by atoms with Crippen LogP contribution in [0.1, 0.15) is 45.3 Å². The van der Waals surface area contributed by atoms with Crippen molar-refractivity contribution >= 4 is 10.8 Å². The molecule has 18 heavy (non-hydrogen) atoms. The topological polar surface area (TPSA) is 38.9 Å². The van der Waals surface area contributed by atoms with Gasteiger partial charge in [-0.2, -0.15) is 0 Å². The molecule has 1 heterocycles. The van der Waals surface area contributed by atoms with Crippen LogP contribution >= 0.6 is 0 Å². The van der Waals surface area contributed by atoms with Crippen LogP contribution in [0.25, 0.3) is 10.8 Å². The van der Waals surface area contributed by atoms with E-state index in [0.717, 1.165) is 18.5 Å². The van der Waals surface area contributed by atoms with Gasteiger partial charge in [0.15, 0.2) is 0 Å². The molecule has 0 fully saturated rings. The zero-order chi connectivity index (χ0) is 13.2. The minimum atomic E-state index is 0.0234. The van der Waals surface area contributed by atoms with E-state index in [-0.39, 0.29) is 6.04 Å². The van der Waals surface area contributed by atoms with Crippen molar-refractivity contribution in [1.82, 2.24) is 4.98 Å². The largest absolute Gasteiger partial charge is 0.323 e. The maximum Gasteiger partial charge on any atom is 0.0649 e. The van der Waals surface area contributed by atoms with Gasteiger partial charge < -0.3 is 5.73 Å². The van der Waals surface area contributed by atoms with E-state index >= 15 is 0 Å². The molecule has 2 nitrogen and oxygen atoms in total. The third-order valence-corrected chi connectivity index (χ3v) is 3.26. The van der Waals surface area contributed by atoms with Gasteiger partial charge in [-0.3, -0.25) is 4.98 Å². The van der Waals surface area contributed by atoms with Gasteiger partial charge in [0.05, 0.1) is 5.69 Å². The summed E-state index contributed by atoms with van der Waals surface area (Å²) in [5, 5.41) is 2.40. The van der Waals surface area contributed by atoms with Gasteiger partial charge in [-0.15, -0.1) is 0 Å². The summed E-state index contributed by atoms with van der Waals surface area (Å²) in [6, 6.07) is 10.4. The molecule has 0 aliphatic carbocycles. The molecule has 1 aromatic carbocycles. The second kappa shape index (κ2) is 5.07. The van der Waals surface area contributed by atoms with Gasteiger partial charge in [0.25, 0.3) is 0 Å². The summed E-state index contributed by atoms with van der Waals surface area (Å²) in [6.07, 6.45) is 3.94. The number of nitrogens with two attached hydrogens (primary N) is 1. The molecular weight excluding hydrogens is 220 g/mol. The van der Waals surface area contributed by atoms with Gasteiger partial charge in [0.1, 0.15) is 0 Å². The van der Waals surface area contributed by atoms with E-state index in [1.165, 1.54) is 10.8 Å². The highest BCUT2D eigenvalue weighted by molar-refractivity contribution is 5.84. The van der Waals surface area contributed by atoms with E-state index in [0.29, 0.717) is 5.41 Å². The minimum Gasteiger partial charge on any atom is -0.323 e. The fourth-order valence-corrected chi connectivity index (χ4v) is 2.16. The van der Waals surface area contributed by atoms with Gasteiger partial charge in [-0.25, -0.2) is 0 Å². The molecule has 96 valence electrons. The SMILES string of the molecule is CC(C)(C)CCC(N)c1nccc2ccccc12. The molecular formula is C16H22N2. The van der Waals surface area contributed by atoms with Crippen LogP contribution in [0.5, 0.6) is 0 Å². The maximum atomic E-state index is 6.31. The van der Waals surface area contributed by atoms with Gasteiger partial charge in [0.2, 0.25) is 0 Å². The Bertz CT molecular complexity index is 521. The van der Waals surface area contributed by atoms with E-state index < -0.39 is 0 Å². The van der Waals surface area contributed by atoms with Crippen LogP contribution in [0.3, 0.4) is 0 Å². The fourth-order valence-electron chi connectivity index (χ4n) is 2.16. The van der Waals surface area contributed by atoms with Crippen molar-refractivity contribution in [1.29, 1.82) is 0 Å². The summed E-state index contributed by atoms with van der Waals surface area (Å²) in [6.45, 7) is 6.74. The highest BCUT2D eigenvalue weighted by atomic mass is 14.8. The third kappa shape index (κ3) is 3.08. The predicted molar refractivity (Wildman–Crippen MR) is 77.4 cm³/mol. The second-order valence-corrected chi connectivity index (χ2v) is 6.12. The van der Waals surface area contributed by atoms with E-state index in [4.69, 9.17) is 5.73 Å². The average molecular weight is 242 g/mol. The van der Waals surface area contributed by atoms with Crippen LogP contribution in [0.15, 0.2) is 36.5 Å². The quantitative estimate of drug-likeness (QED) is 0.881. The lowest BCUT2D eigenvalue weighted by Gasteiger charge is -2.21. The number of rotatable bonds is 3. The van der Waals surface area contributed by atoms with Gasteiger partial charge >= 0.3 is 0 Å². The molecule has 2 aromatic rings. The monoisotopic (exact) mass is 242 g/mol. The van der Waals surface area contributed by atoms with Crippen LogP contribution < -0.4 is 5.73 Å². The number of hydrogen-bond acceptors (Lipinski definition) is 2. The van der Waals surface area contributed by atoms with Gasteiger partial charge in [0, 0.05) is 17.6 Å². The lowest BCUT2D eigenvalue weighted by Crippen LogP contribution is -2.16. The van der Waals surface area contributed by atoms with Crippen molar-refractivity contribution in [2.24, 2.45) is 11.1 Å². The Morgan fingerprint density at radius 3 is 2.61 bits per heavy atom. The van der Waals surface area contributed by atoms with Crippen LogP contribution in [0, 0.1) is 5.41 Å². The molecule has 2 rings (SSSR count). The van der Waals surface area contributed by atoms with Crippen LogP contribution in [0.2, 0.25) is 0 Å². The van der Waals surface area contributed by atoms with Crippen LogP contribution in [-0.2, 0) is 0 Å². The molecule has 2 heteroatoms. The van der Waals surface area contributed by atoms with E-state index in [1.54, 1.807) is 0 Å². The first-order chi connectivity index (χ1) is 8.47. The second-order valence-electron chi connectivity index (χ2n) is 6.12. The number of pyridine rings is 1. The smallest absolute Gasteiger partial charge is 0.0649 e. The Labute approximate surface area is 109 Å². The molecule has 1 atom stereocenters. The first-order valence-electron chi connectivity index (χ1n) is 6.56. The number of nitrogens with zero attached hydrogens (tertiary/aromatic N) is 1. The lowest BCUT2D eigenvalue weighted by molar-refractivity contribution is 0.349. The highest BCUT2D eigenvalue weighted by Crippen LogP contribution is 2.28. The van der Waals surface area contributed by atoms with Gasteiger partial charge in [-0.05, 0) is 29.7 Å². The molecule has 0 spiro atoms. The minimum absolute atomic E-state index is 0.0234. The Hall–Kier alpha value is -1.41. The van der Waals surface area contributed by atoms with Crippen LogP contribution in [0.4, 0.5) is 0 Å². The van der Waals surface area contributed by atoms with E-state index in [1.807, 2.05) is 24.4 Å². The van der Waals surface area contributed by atoms with Crippen molar-refractivity contribution in [3.63, 3.8) is 0 Å². The summed E-state index contributed by atoms with van der Waals surface area (Å²) in [7, 11) is 0. The van der Waals surface area contributed by atoms with Crippen LogP contribution in [-0.4, -0.2) is 4.98 Å². The normalized spacial score (nSPS) is 13.8. The Kier molecular flexibility index (Phi) is 3.67. The molecule has 2 N–H and O–H groups in total. The molecule has 0 amide bonds. The van der Waals surface area contributed by atoms with Crippen molar-refractivity contribution < 1.29 is 0 Å². The molecule has 0 aliphatic heterocycles. The van der Waals surface area contributed by atoms with Gasteiger partial charge in [-0.1, -0.05) is 45.0 Å².